The van der Waals surface area contributed by atoms with E-state index in [2.05, 4.69) is 19.2 Å². The third-order valence-electron chi connectivity index (χ3n) is 2.95. The Balaban J connectivity index is 0.000000605. The van der Waals surface area contributed by atoms with E-state index in [9.17, 15) is 0 Å². The van der Waals surface area contributed by atoms with Crippen LogP contribution in [0.2, 0.25) is 0 Å². The van der Waals surface area contributed by atoms with Crippen molar-refractivity contribution in [1.29, 1.82) is 0 Å². The van der Waals surface area contributed by atoms with Crippen LogP contribution in [-0.4, -0.2) is 13.1 Å². The van der Waals surface area contributed by atoms with Gasteiger partial charge in [0, 0.05) is 20.4 Å². The second-order valence-electron chi connectivity index (χ2n) is 4.87. The fourth-order valence-corrected chi connectivity index (χ4v) is 2.98. The Bertz CT molecular complexity index is 138. The van der Waals surface area contributed by atoms with E-state index in [1.54, 1.807) is 0 Å². The Kier molecular flexibility index (Phi) is 2.50. The number of hydrogen-bond donors (Lipinski definition) is 0. The van der Waals surface area contributed by atoms with Gasteiger partial charge in [-0.2, -0.15) is 0 Å². The topological polar surface area (TPSA) is 14.1 Å². The van der Waals surface area contributed by atoms with Crippen molar-refractivity contribution in [2.75, 3.05) is 13.1 Å². The smallest absolute Gasteiger partial charge is 0 e. The van der Waals surface area contributed by atoms with Crippen molar-refractivity contribution in [3.8, 4) is 0 Å². The predicted molar refractivity (Wildman–Crippen MR) is 43.2 cm³/mol. The number of rotatable bonds is 0. The molecule has 0 unspecified atom stereocenters. The van der Waals surface area contributed by atoms with Crippen LogP contribution in [0.25, 0.3) is 5.32 Å². The van der Waals surface area contributed by atoms with E-state index in [4.69, 9.17) is 0 Å². The van der Waals surface area contributed by atoms with Gasteiger partial charge >= 0.3 is 0 Å². The molecule has 0 atom stereocenters. The molecule has 2 heteroatoms. The van der Waals surface area contributed by atoms with Crippen LogP contribution in [0.3, 0.4) is 0 Å². The summed E-state index contributed by atoms with van der Waals surface area (Å²) < 4.78 is 0. The van der Waals surface area contributed by atoms with Crippen molar-refractivity contribution in [1.82, 2.24) is 0 Å². The molecule has 0 aromatic rings. The van der Waals surface area contributed by atoms with Gasteiger partial charge in [0.15, 0.2) is 0 Å². The monoisotopic (exact) mass is 325 g/mol. The molecule has 1 spiro atoms. The summed E-state index contributed by atoms with van der Waals surface area (Å²) in [4.78, 5) is 0. The molecule has 1 heterocycles. The first-order chi connectivity index (χ1) is 4.62. The molecule has 0 aromatic carbocycles. The molecule has 65 valence electrons. The van der Waals surface area contributed by atoms with Crippen LogP contribution < -0.4 is 0 Å². The van der Waals surface area contributed by atoms with Gasteiger partial charge in [-0.1, -0.05) is 20.3 Å². The molecule has 0 aromatic heterocycles. The maximum atomic E-state index is 4.42. The first-order valence-corrected chi connectivity index (χ1v) is 4.25. The summed E-state index contributed by atoms with van der Waals surface area (Å²) in [5.74, 6) is 0. The minimum Gasteiger partial charge on any atom is -0.662 e. The molecule has 1 nitrogen and oxygen atoms in total. The van der Waals surface area contributed by atoms with Crippen molar-refractivity contribution in [2.24, 2.45) is 10.8 Å². The largest absolute Gasteiger partial charge is 0.662 e. The predicted octanol–water partition coefficient (Wildman–Crippen LogP) is 2.57. The molecular weight excluding hydrogens is 308 g/mol. The number of nitrogens with zero attached hydrogens (tertiary/aromatic N) is 1. The van der Waals surface area contributed by atoms with Gasteiger partial charge in [0.05, 0.1) is 0 Å². The van der Waals surface area contributed by atoms with Crippen molar-refractivity contribution in [3.63, 3.8) is 0 Å². The molecule has 0 amide bonds. The van der Waals surface area contributed by atoms with Crippen molar-refractivity contribution in [3.05, 3.63) is 5.32 Å². The van der Waals surface area contributed by atoms with Gasteiger partial charge in [0.1, 0.15) is 0 Å². The van der Waals surface area contributed by atoms with E-state index in [0.29, 0.717) is 10.8 Å². The van der Waals surface area contributed by atoms with Crippen LogP contribution in [0, 0.1) is 10.8 Å². The zero-order chi connectivity index (χ0) is 7.24. The fraction of sp³-hybridized carbons (Fsp3) is 1.00. The minimum atomic E-state index is 0. The van der Waals surface area contributed by atoms with E-state index in [1.807, 2.05) is 0 Å². The molecule has 2 aliphatic rings. The van der Waals surface area contributed by atoms with Crippen LogP contribution >= 0.6 is 0 Å². The van der Waals surface area contributed by atoms with Crippen LogP contribution in [-0.2, 0) is 20.4 Å². The molecule has 1 aliphatic carbocycles. The Morgan fingerprint density at radius 1 is 1.18 bits per heavy atom. The van der Waals surface area contributed by atoms with Gasteiger partial charge in [0.25, 0.3) is 0 Å². The third-order valence-corrected chi connectivity index (χ3v) is 2.95. The molecule has 1 radical (unpaired) electrons. The molecule has 2 rings (SSSR count). The van der Waals surface area contributed by atoms with E-state index < -0.39 is 0 Å². The Labute approximate surface area is 83.0 Å². The first-order valence-electron chi connectivity index (χ1n) is 4.25. The van der Waals surface area contributed by atoms with Crippen LogP contribution in [0.5, 0.6) is 0 Å². The Morgan fingerprint density at radius 3 is 2.18 bits per heavy atom. The zero-order valence-electron chi connectivity index (χ0n) is 7.36. The van der Waals surface area contributed by atoms with Gasteiger partial charge in [-0.25, -0.2) is 0 Å². The SMILES string of the molecule is CC1(C)CC2(CC[N-]C2)C1.[Re]. The second kappa shape index (κ2) is 2.84. The first kappa shape index (κ1) is 9.71. The van der Waals surface area contributed by atoms with Gasteiger partial charge in [-0.3, -0.25) is 0 Å². The summed E-state index contributed by atoms with van der Waals surface area (Å²) in [5.41, 5.74) is 1.32. The number of hydrogen-bond acceptors (Lipinski definition) is 0. The van der Waals surface area contributed by atoms with Gasteiger partial charge < -0.3 is 5.32 Å². The van der Waals surface area contributed by atoms with Gasteiger partial charge in [0.2, 0.25) is 0 Å². The molecule has 2 fully saturated rings. The molecule has 1 aliphatic heterocycles. The van der Waals surface area contributed by atoms with E-state index >= 15 is 0 Å². The van der Waals surface area contributed by atoms with Crippen molar-refractivity contribution < 1.29 is 20.4 Å². The summed E-state index contributed by atoms with van der Waals surface area (Å²) >= 11 is 0. The summed E-state index contributed by atoms with van der Waals surface area (Å²) in [5, 5.41) is 4.42. The quantitative estimate of drug-likeness (QED) is 0.650. The summed E-state index contributed by atoms with van der Waals surface area (Å²) in [7, 11) is 0. The summed E-state index contributed by atoms with van der Waals surface area (Å²) in [6, 6.07) is 0. The molecule has 1 saturated heterocycles. The average Bonchev–Trinajstić information content (AvgIpc) is 2.10. The zero-order valence-corrected chi connectivity index (χ0v) is 10.1. The van der Waals surface area contributed by atoms with E-state index in [1.165, 1.54) is 19.3 Å². The maximum Gasteiger partial charge on any atom is 0 e. The second-order valence-corrected chi connectivity index (χ2v) is 4.87. The molecule has 0 N–H and O–H groups in total. The minimum absolute atomic E-state index is 0. The van der Waals surface area contributed by atoms with Gasteiger partial charge in [-0.15, -0.1) is 13.1 Å². The third kappa shape index (κ3) is 1.69. The van der Waals surface area contributed by atoms with E-state index in [0.717, 1.165) is 13.1 Å². The average molecular weight is 324 g/mol. The standard InChI is InChI=1S/C9H16N.Re/c1-8(2)5-9(6-8)3-4-10-7-9;/h3-7H2,1-2H3;/q-1;. The van der Waals surface area contributed by atoms with Crippen LogP contribution in [0.15, 0.2) is 0 Å². The fourth-order valence-electron chi connectivity index (χ4n) is 2.98. The molecule has 11 heavy (non-hydrogen) atoms. The van der Waals surface area contributed by atoms with Crippen LogP contribution in [0.4, 0.5) is 0 Å². The molecule has 0 bridgehead atoms. The summed E-state index contributed by atoms with van der Waals surface area (Å²) in [6.07, 6.45) is 4.21. The summed E-state index contributed by atoms with van der Waals surface area (Å²) in [6.45, 7) is 7.04. The molecular formula is C9H16NRe-. The normalized spacial score (nSPS) is 31.1. The molecule has 1 saturated carbocycles. The van der Waals surface area contributed by atoms with Gasteiger partial charge in [-0.05, 0) is 23.7 Å². The van der Waals surface area contributed by atoms with Crippen molar-refractivity contribution in [2.45, 2.75) is 33.1 Å². The van der Waals surface area contributed by atoms with Crippen LogP contribution in [0.1, 0.15) is 33.1 Å². The Morgan fingerprint density at radius 2 is 1.82 bits per heavy atom. The Hall–Kier alpha value is 0.622. The van der Waals surface area contributed by atoms with Crippen molar-refractivity contribution >= 4 is 0 Å². The van der Waals surface area contributed by atoms with E-state index in [-0.39, 0.29) is 20.4 Å². The maximum absolute atomic E-state index is 4.42.